The van der Waals surface area contributed by atoms with Crippen molar-refractivity contribution < 1.29 is 13.2 Å². The van der Waals surface area contributed by atoms with Crippen LogP contribution in [-0.4, -0.2) is 48.8 Å². The second-order valence-corrected chi connectivity index (χ2v) is 10.3. The van der Waals surface area contributed by atoms with Crippen LogP contribution in [0.25, 0.3) is 10.9 Å². The van der Waals surface area contributed by atoms with Gasteiger partial charge in [-0.15, -0.1) is 0 Å². The summed E-state index contributed by atoms with van der Waals surface area (Å²) in [4.78, 5) is 19.1. The number of hydrogen-bond acceptors (Lipinski definition) is 6. The Morgan fingerprint density at radius 3 is 2.50 bits per heavy atom. The normalized spacial score (nSPS) is 14.5. The van der Waals surface area contributed by atoms with Gasteiger partial charge in [-0.05, 0) is 42.5 Å². The molecule has 2 heterocycles. The van der Waals surface area contributed by atoms with E-state index in [0.717, 1.165) is 11.5 Å². The third-order valence-electron chi connectivity index (χ3n) is 4.87. The Labute approximate surface area is 183 Å². The number of carbonyl (C=O) groups is 1. The predicted molar refractivity (Wildman–Crippen MR) is 117 cm³/mol. The van der Waals surface area contributed by atoms with Crippen molar-refractivity contribution in [3.05, 3.63) is 64.8 Å². The minimum Gasteiger partial charge on any atom is -0.337 e. The van der Waals surface area contributed by atoms with E-state index in [9.17, 15) is 13.2 Å². The first-order valence-electron chi connectivity index (χ1n) is 9.12. The summed E-state index contributed by atoms with van der Waals surface area (Å²) in [5, 5.41) is 9.65. The van der Waals surface area contributed by atoms with Crippen LogP contribution in [0.4, 0.5) is 0 Å². The SMILES string of the molecule is N#Cc1ccc(S(=O)(=O)c2c(C(=O)N3CCSCC3)cnc3ccc(Cl)cc23)cc1. The van der Waals surface area contributed by atoms with Crippen LogP contribution < -0.4 is 0 Å². The lowest BCUT2D eigenvalue weighted by Gasteiger charge is -2.27. The molecule has 9 heteroatoms. The van der Waals surface area contributed by atoms with E-state index in [1.54, 1.807) is 28.8 Å². The average molecular weight is 458 g/mol. The number of fused-ring (bicyclic) bond motifs is 1. The fourth-order valence-corrected chi connectivity index (χ4v) is 6.03. The molecule has 0 N–H and O–H groups in total. The van der Waals surface area contributed by atoms with Gasteiger partial charge in [-0.25, -0.2) is 8.42 Å². The molecule has 0 bridgehead atoms. The number of sulfone groups is 1. The number of hydrogen-bond donors (Lipinski definition) is 0. The highest BCUT2D eigenvalue weighted by Gasteiger charge is 2.30. The Hall–Kier alpha value is -2.60. The number of pyridine rings is 1. The van der Waals surface area contributed by atoms with Crippen LogP contribution in [0.3, 0.4) is 0 Å². The Bertz CT molecular complexity index is 1280. The van der Waals surface area contributed by atoms with Gasteiger partial charge in [-0.2, -0.15) is 17.0 Å². The maximum Gasteiger partial charge on any atom is 0.256 e. The first kappa shape index (κ1) is 20.7. The van der Waals surface area contributed by atoms with E-state index in [-0.39, 0.29) is 21.3 Å². The van der Waals surface area contributed by atoms with Crippen molar-refractivity contribution in [2.24, 2.45) is 0 Å². The number of aromatic nitrogens is 1. The number of benzene rings is 2. The molecule has 1 aliphatic heterocycles. The van der Waals surface area contributed by atoms with Crippen LogP contribution in [0, 0.1) is 11.3 Å². The van der Waals surface area contributed by atoms with Gasteiger partial charge in [0.05, 0.1) is 32.5 Å². The highest BCUT2D eigenvalue weighted by Crippen LogP contribution is 2.33. The first-order chi connectivity index (χ1) is 14.4. The largest absolute Gasteiger partial charge is 0.337 e. The number of rotatable bonds is 3. The van der Waals surface area contributed by atoms with Gasteiger partial charge in [0.1, 0.15) is 0 Å². The van der Waals surface area contributed by atoms with Crippen LogP contribution in [0.2, 0.25) is 5.02 Å². The molecule has 0 atom stereocenters. The molecule has 1 amide bonds. The third-order valence-corrected chi connectivity index (χ3v) is 7.92. The fraction of sp³-hybridized carbons (Fsp3) is 0.190. The van der Waals surface area contributed by atoms with E-state index in [1.165, 1.54) is 36.5 Å². The van der Waals surface area contributed by atoms with Crippen molar-refractivity contribution in [2.75, 3.05) is 24.6 Å². The molecule has 0 spiro atoms. The summed E-state index contributed by atoms with van der Waals surface area (Å²) in [6.45, 7) is 1.10. The van der Waals surface area contributed by atoms with Crippen LogP contribution in [0.15, 0.2) is 58.5 Å². The van der Waals surface area contributed by atoms with Crippen LogP contribution in [0.5, 0.6) is 0 Å². The second-order valence-electron chi connectivity index (χ2n) is 6.71. The molecule has 2 aromatic carbocycles. The second kappa shape index (κ2) is 8.26. The summed E-state index contributed by atoms with van der Waals surface area (Å²) >= 11 is 7.90. The molecule has 1 aliphatic rings. The van der Waals surface area contributed by atoms with E-state index in [2.05, 4.69) is 4.98 Å². The molecule has 4 rings (SSSR count). The Balaban J connectivity index is 1.96. The van der Waals surface area contributed by atoms with Crippen LogP contribution in [0.1, 0.15) is 15.9 Å². The Kier molecular flexibility index (Phi) is 5.69. The van der Waals surface area contributed by atoms with Gasteiger partial charge in [-0.3, -0.25) is 9.78 Å². The molecule has 3 aromatic rings. The monoisotopic (exact) mass is 457 g/mol. The lowest BCUT2D eigenvalue weighted by molar-refractivity contribution is 0.0768. The summed E-state index contributed by atoms with van der Waals surface area (Å²) in [5.41, 5.74) is 0.803. The van der Waals surface area contributed by atoms with Gasteiger partial charge in [0, 0.05) is 41.2 Å². The lowest BCUT2D eigenvalue weighted by atomic mass is 10.1. The zero-order chi connectivity index (χ0) is 21.3. The van der Waals surface area contributed by atoms with Crippen molar-refractivity contribution in [3.63, 3.8) is 0 Å². The highest BCUT2D eigenvalue weighted by molar-refractivity contribution is 7.99. The highest BCUT2D eigenvalue weighted by atomic mass is 35.5. The molecule has 1 aromatic heterocycles. The summed E-state index contributed by atoms with van der Waals surface area (Å²) in [6.07, 6.45) is 1.33. The van der Waals surface area contributed by atoms with E-state index in [0.29, 0.717) is 34.6 Å². The topological polar surface area (TPSA) is 91.1 Å². The van der Waals surface area contributed by atoms with E-state index in [1.807, 2.05) is 6.07 Å². The lowest BCUT2D eigenvalue weighted by Crippen LogP contribution is -2.38. The van der Waals surface area contributed by atoms with Crippen LogP contribution >= 0.6 is 23.4 Å². The standard InChI is InChI=1S/C21H16ClN3O3S2/c22-15-3-6-19-17(11-15)20(30(27,28)16-4-1-14(12-23)2-5-16)18(13-24-19)21(26)25-7-9-29-10-8-25/h1-6,11,13H,7-10H2. The first-order valence-corrected chi connectivity index (χ1v) is 12.1. The minimum absolute atomic E-state index is 0.00257. The Morgan fingerprint density at radius 1 is 1.13 bits per heavy atom. The van der Waals surface area contributed by atoms with E-state index in [4.69, 9.17) is 16.9 Å². The summed E-state index contributed by atoms with van der Waals surface area (Å²) in [6, 6.07) is 12.4. The number of halogens is 1. The molecule has 6 nitrogen and oxygen atoms in total. The Morgan fingerprint density at radius 2 is 1.83 bits per heavy atom. The van der Waals surface area contributed by atoms with Crippen molar-refractivity contribution >= 4 is 50.0 Å². The summed E-state index contributed by atoms with van der Waals surface area (Å²) in [7, 11) is -4.08. The molecular formula is C21H16ClN3O3S2. The van der Waals surface area contributed by atoms with Crippen LogP contribution in [-0.2, 0) is 9.84 Å². The molecule has 0 unspecified atom stereocenters. The van der Waals surface area contributed by atoms with Crippen molar-refractivity contribution in [2.45, 2.75) is 9.79 Å². The van der Waals surface area contributed by atoms with Gasteiger partial charge in [0.15, 0.2) is 0 Å². The number of carbonyl (C=O) groups excluding carboxylic acids is 1. The molecule has 0 aliphatic carbocycles. The molecule has 1 fully saturated rings. The average Bonchev–Trinajstić information content (AvgIpc) is 2.78. The number of nitrogens with zero attached hydrogens (tertiary/aromatic N) is 3. The summed E-state index contributed by atoms with van der Waals surface area (Å²) < 4.78 is 27.3. The zero-order valence-electron chi connectivity index (χ0n) is 15.7. The molecule has 1 saturated heterocycles. The smallest absolute Gasteiger partial charge is 0.256 e. The van der Waals surface area contributed by atoms with Gasteiger partial charge >= 0.3 is 0 Å². The van der Waals surface area contributed by atoms with Gasteiger partial charge in [-0.1, -0.05) is 11.6 Å². The molecule has 0 saturated carbocycles. The van der Waals surface area contributed by atoms with Crippen molar-refractivity contribution in [3.8, 4) is 6.07 Å². The molecule has 0 radical (unpaired) electrons. The maximum atomic E-state index is 13.6. The minimum atomic E-state index is -4.08. The van der Waals surface area contributed by atoms with Crippen molar-refractivity contribution in [1.29, 1.82) is 5.26 Å². The quantitative estimate of drug-likeness (QED) is 0.594. The van der Waals surface area contributed by atoms with E-state index >= 15 is 0 Å². The number of amides is 1. The fourth-order valence-electron chi connectivity index (χ4n) is 3.35. The maximum absolute atomic E-state index is 13.6. The number of nitriles is 1. The number of thioether (sulfide) groups is 1. The van der Waals surface area contributed by atoms with E-state index < -0.39 is 9.84 Å². The predicted octanol–water partition coefficient (Wildman–Crippen LogP) is 3.78. The van der Waals surface area contributed by atoms with Gasteiger partial charge in [0.2, 0.25) is 9.84 Å². The molecular weight excluding hydrogens is 442 g/mol. The van der Waals surface area contributed by atoms with Gasteiger partial charge < -0.3 is 4.90 Å². The molecule has 152 valence electrons. The zero-order valence-corrected chi connectivity index (χ0v) is 18.1. The third kappa shape index (κ3) is 3.76. The van der Waals surface area contributed by atoms with Gasteiger partial charge in [0.25, 0.3) is 5.91 Å². The summed E-state index contributed by atoms with van der Waals surface area (Å²) in [5.74, 6) is 1.24. The van der Waals surface area contributed by atoms with Crippen molar-refractivity contribution in [1.82, 2.24) is 9.88 Å². The molecule has 30 heavy (non-hydrogen) atoms.